The molecule has 1 heterocycles. The maximum absolute atomic E-state index is 13.2. The second kappa shape index (κ2) is 9.23. The summed E-state index contributed by atoms with van der Waals surface area (Å²) >= 11 is 0. The Morgan fingerprint density at radius 1 is 1.23 bits per heavy atom. The Morgan fingerprint density at radius 3 is 2.65 bits per heavy atom. The number of nitrogens with one attached hydrogen (secondary N) is 2. The number of benzene rings is 1. The molecule has 0 aliphatic heterocycles. The van der Waals surface area contributed by atoms with Crippen molar-refractivity contribution in [1.29, 1.82) is 0 Å². The van der Waals surface area contributed by atoms with E-state index in [-0.39, 0.29) is 29.7 Å². The van der Waals surface area contributed by atoms with Crippen LogP contribution in [0.3, 0.4) is 0 Å². The number of likely N-dealkylation sites (N-methyl/N-ethyl adjacent to an activating group) is 1. The third kappa shape index (κ3) is 4.67. The molecule has 8 nitrogen and oxygen atoms in total. The molecular weight excluding hydrogens is 418 g/mol. The smallest absolute Gasteiger partial charge is 0.341 e. The lowest BCUT2D eigenvalue weighted by Crippen LogP contribution is -2.40. The number of esters is 1. The molecule has 1 aromatic carbocycles. The van der Waals surface area contributed by atoms with E-state index in [1.165, 1.54) is 12.6 Å². The van der Waals surface area contributed by atoms with Crippen LogP contribution in [0.5, 0.6) is 0 Å². The second-order valence-electron chi connectivity index (χ2n) is 7.77. The number of H-pyrrole nitrogens is 1. The number of fused-ring (bicyclic) bond motifs is 1. The van der Waals surface area contributed by atoms with Gasteiger partial charge >= 0.3 is 5.97 Å². The number of hydrogen-bond acceptors (Lipinski definition) is 5. The molecule has 0 saturated heterocycles. The molecule has 0 saturated carbocycles. The van der Waals surface area contributed by atoms with Crippen LogP contribution in [0.2, 0.25) is 0 Å². The highest BCUT2D eigenvalue weighted by molar-refractivity contribution is 7.89. The van der Waals surface area contributed by atoms with Gasteiger partial charge in [0.2, 0.25) is 15.9 Å². The van der Waals surface area contributed by atoms with Gasteiger partial charge in [-0.2, -0.15) is 4.31 Å². The number of sulfonamides is 1. The van der Waals surface area contributed by atoms with Crippen LogP contribution in [0.1, 0.15) is 58.7 Å². The molecule has 1 aliphatic rings. The fourth-order valence-electron chi connectivity index (χ4n) is 4.12. The minimum atomic E-state index is -4.10. The first-order valence-electron chi connectivity index (χ1n) is 10.4. The zero-order valence-corrected chi connectivity index (χ0v) is 19.1. The largest absolute Gasteiger partial charge is 0.462 e. The van der Waals surface area contributed by atoms with Crippen LogP contribution in [0.25, 0.3) is 0 Å². The van der Waals surface area contributed by atoms with Crippen molar-refractivity contribution in [2.45, 2.75) is 51.0 Å². The Hall–Kier alpha value is -2.65. The molecular formula is C22H29N3O5S. The highest BCUT2D eigenvalue weighted by atomic mass is 32.2. The number of hydrogen-bond donors (Lipinski definition) is 2. The quantitative estimate of drug-likeness (QED) is 0.634. The van der Waals surface area contributed by atoms with Crippen LogP contribution >= 0.6 is 0 Å². The molecule has 9 heteroatoms. The van der Waals surface area contributed by atoms with E-state index in [0.717, 1.165) is 29.1 Å². The molecule has 0 fully saturated rings. The number of rotatable bonds is 7. The van der Waals surface area contributed by atoms with Crippen molar-refractivity contribution < 1.29 is 22.7 Å². The number of nitrogens with zero attached hydrogens (tertiary/aromatic N) is 1. The summed E-state index contributed by atoms with van der Waals surface area (Å²) < 4.78 is 32.5. The van der Waals surface area contributed by atoms with E-state index in [2.05, 4.69) is 16.4 Å². The molecule has 1 amide bonds. The van der Waals surface area contributed by atoms with Gasteiger partial charge in [-0.05, 0) is 51.2 Å². The number of aromatic nitrogens is 1. The van der Waals surface area contributed by atoms with Gasteiger partial charge in [0.25, 0.3) is 0 Å². The summed E-state index contributed by atoms with van der Waals surface area (Å²) in [6.07, 6.45) is 2.74. The molecule has 1 unspecified atom stereocenters. The first kappa shape index (κ1) is 23.0. The van der Waals surface area contributed by atoms with Crippen LogP contribution in [-0.2, 0) is 26.0 Å². The Labute approximate surface area is 183 Å². The summed E-state index contributed by atoms with van der Waals surface area (Å²) in [6, 6.07) is 7.83. The summed E-state index contributed by atoms with van der Waals surface area (Å²) in [4.78, 5) is 27.8. The molecule has 1 atom stereocenters. The summed E-state index contributed by atoms with van der Waals surface area (Å²) in [5, 5.41) is 2.96. The highest BCUT2D eigenvalue weighted by Gasteiger charge is 2.34. The lowest BCUT2D eigenvalue weighted by molar-refractivity contribution is -0.122. The molecule has 3 rings (SSSR count). The van der Waals surface area contributed by atoms with Gasteiger partial charge in [-0.1, -0.05) is 24.3 Å². The van der Waals surface area contributed by atoms with Crippen LogP contribution in [0, 0.1) is 13.8 Å². The topological polar surface area (TPSA) is 109 Å². The number of aromatic amines is 1. The predicted octanol–water partition coefficient (Wildman–Crippen LogP) is 2.62. The SMILES string of the molecule is CCOC(=O)c1c(C)[nH]c(C)c1S(=O)(=O)N(C)CC(=O)NC1CCCc2ccccc21. The number of ether oxygens (including phenoxy) is 1. The average Bonchev–Trinajstić information content (AvgIpc) is 3.03. The summed E-state index contributed by atoms with van der Waals surface area (Å²) in [6.45, 7) is 4.62. The number of aryl methyl sites for hydroxylation is 3. The van der Waals surface area contributed by atoms with E-state index in [1.807, 2.05) is 18.2 Å². The van der Waals surface area contributed by atoms with Crippen LogP contribution < -0.4 is 5.32 Å². The maximum Gasteiger partial charge on any atom is 0.341 e. The normalized spacial score (nSPS) is 16.1. The van der Waals surface area contributed by atoms with Crippen molar-refractivity contribution >= 4 is 21.9 Å². The Kier molecular flexibility index (Phi) is 6.86. The molecule has 0 spiro atoms. The maximum atomic E-state index is 13.2. The van der Waals surface area contributed by atoms with Crippen molar-refractivity contribution in [3.8, 4) is 0 Å². The van der Waals surface area contributed by atoms with Gasteiger partial charge < -0.3 is 15.0 Å². The standard InChI is InChI=1S/C22H29N3O5S/c1-5-30-22(27)20-14(2)23-15(3)21(20)31(28,29)25(4)13-19(26)24-18-12-8-10-16-9-6-7-11-17(16)18/h6-7,9,11,18,23H,5,8,10,12-13H2,1-4H3,(H,24,26). The van der Waals surface area contributed by atoms with E-state index in [4.69, 9.17) is 4.74 Å². The van der Waals surface area contributed by atoms with Crippen LogP contribution in [-0.4, -0.2) is 49.8 Å². The lowest BCUT2D eigenvalue weighted by atomic mass is 9.88. The van der Waals surface area contributed by atoms with Crippen molar-refractivity contribution in [2.24, 2.45) is 0 Å². The van der Waals surface area contributed by atoms with Crippen LogP contribution in [0.4, 0.5) is 0 Å². The van der Waals surface area contributed by atoms with Crippen molar-refractivity contribution in [2.75, 3.05) is 20.2 Å². The third-order valence-corrected chi connectivity index (χ3v) is 7.51. The van der Waals surface area contributed by atoms with E-state index in [1.54, 1.807) is 20.8 Å². The Bertz CT molecular complexity index is 1090. The molecule has 1 aromatic heterocycles. The van der Waals surface area contributed by atoms with Crippen LogP contribution in [0.15, 0.2) is 29.2 Å². The average molecular weight is 448 g/mol. The first-order valence-corrected chi connectivity index (χ1v) is 11.8. The van der Waals surface area contributed by atoms with Crippen molar-refractivity contribution in [3.05, 3.63) is 52.3 Å². The van der Waals surface area contributed by atoms with Crippen molar-refractivity contribution in [1.82, 2.24) is 14.6 Å². The van der Waals surface area contributed by atoms with Gasteiger partial charge in [-0.15, -0.1) is 0 Å². The number of amides is 1. The summed E-state index contributed by atoms with van der Waals surface area (Å²) in [5.41, 5.74) is 3.00. The van der Waals surface area contributed by atoms with Gasteiger partial charge in [-0.3, -0.25) is 4.79 Å². The number of carbonyl (C=O) groups is 2. The number of carbonyl (C=O) groups excluding carboxylic acids is 2. The van der Waals surface area contributed by atoms with E-state index in [9.17, 15) is 18.0 Å². The summed E-state index contributed by atoms with van der Waals surface area (Å²) in [7, 11) is -2.77. The van der Waals surface area contributed by atoms with E-state index >= 15 is 0 Å². The van der Waals surface area contributed by atoms with E-state index in [0.29, 0.717) is 11.4 Å². The third-order valence-electron chi connectivity index (χ3n) is 5.54. The van der Waals surface area contributed by atoms with Gasteiger partial charge in [0.15, 0.2) is 0 Å². The minimum absolute atomic E-state index is 0.0205. The predicted molar refractivity (Wildman–Crippen MR) is 116 cm³/mol. The molecule has 1 aliphatic carbocycles. The van der Waals surface area contributed by atoms with E-state index < -0.39 is 21.9 Å². The molecule has 0 bridgehead atoms. The van der Waals surface area contributed by atoms with Crippen molar-refractivity contribution in [3.63, 3.8) is 0 Å². The zero-order valence-electron chi connectivity index (χ0n) is 18.3. The molecule has 2 aromatic rings. The van der Waals surface area contributed by atoms with Gasteiger partial charge in [0, 0.05) is 18.4 Å². The molecule has 0 radical (unpaired) electrons. The molecule has 31 heavy (non-hydrogen) atoms. The second-order valence-corrected chi connectivity index (χ2v) is 9.75. The van der Waals surface area contributed by atoms with Gasteiger partial charge in [0.1, 0.15) is 10.5 Å². The molecule has 168 valence electrons. The summed E-state index contributed by atoms with van der Waals surface area (Å²) in [5.74, 6) is -1.10. The minimum Gasteiger partial charge on any atom is -0.462 e. The highest BCUT2D eigenvalue weighted by Crippen LogP contribution is 2.30. The fourth-order valence-corrected chi connectivity index (χ4v) is 5.65. The van der Waals surface area contributed by atoms with Gasteiger partial charge in [-0.25, -0.2) is 13.2 Å². The fraction of sp³-hybridized carbons (Fsp3) is 0.455. The Balaban J connectivity index is 1.79. The monoisotopic (exact) mass is 447 g/mol. The zero-order chi connectivity index (χ0) is 22.8. The molecule has 2 N–H and O–H groups in total. The van der Waals surface area contributed by atoms with Gasteiger partial charge in [0.05, 0.1) is 19.2 Å². The first-order chi connectivity index (χ1) is 14.7. The Morgan fingerprint density at radius 2 is 1.94 bits per heavy atom. The lowest BCUT2D eigenvalue weighted by Gasteiger charge is -2.27.